The van der Waals surface area contributed by atoms with Crippen LogP contribution in [-0.4, -0.2) is 10.1 Å². The van der Waals surface area contributed by atoms with Gasteiger partial charge in [0.15, 0.2) is 12.2 Å². The van der Waals surface area contributed by atoms with Crippen molar-refractivity contribution < 1.29 is 9.52 Å². The van der Waals surface area contributed by atoms with Crippen molar-refractivity contribution in [3.05, 3.63) is 66.7 Å². The van der Waals surface area contributed by atoms with E-state index >= 15 is 0 Å². The van der Waals surface area contributed by atoms with Gasteiger partial charge in [0.2, 0.25) is 0 Å². The number of hydrogen-bond acceptors (Lipinski definition) is 4. The van der Waals surface area contributed by atoms with E-state index < -0.39 is 0 Å². The summed E-state index contributed by atoms with van der Waals surface area (Å²) in [4.78, 5) is 3.93. The molecule has 1 unspecified atom stereocenters. The van der Waals surface area contributed by atoms with Crippen molar-refractivity contribution in [3.8, 4) is 17.1 Å². The zero-order valence-electron chi connectivity index (χ0n) is 11.7. The highest BCUT2D eigenvalue weighted by atomic mass is 16.3. The maximum Gasteiger partial charge on any atom is 0.181 e. The van der Waals surface area contributed by atoms with Crippen molar-refractivity contribution in [3.63, 3.8) is 0 Å². The molecule has 2 aromatic carbocycles. The molecule has 3 rings (SSSR count). The predicted molar refractivity (Wildman–Crippen MR) is 82.1 cm³/mol. The molecule has 0 aliphatic heterocycles. The molecule has 0 spiro atoms. The molecule has 0 aliphatic rings. The van der Waals surface area contributed by atoms with Crippen molar-refractivity contribution >= 4 is 5.69 Å². The molecule has 2 N–H and O–H groups in total. The Morgan fingerprint density at radius 1 is 1.14 bits per heavy atom. The van der Waals surface area contributed by atoms with Crippen LogP contribution in [0, 0.1) is 0 Å². The van der Waals surface area contributed by atoms with Crippen LogP contribution in [0.2, 0.25) is 0 Å². The monoisotopic (exact) mass is 280 g/mol. The van der Waals surface area contributed by atoms with Crippen molar-refractivity contribution in [2.45, 2.75) is 13.0 Å². The summed E-state index contributed by atoms with van der Waals surface area (Å²) in [7, 11) is 0. The molecule has 3 aromatic rings. The molecule has 4 nitrogen and oxygen atoms in total. The van der Waals surface area contributed by atoms with Gasteiger partial charge in [-0.1, -0.05) is 24.3 Å². The van der Waals surface area contributed by atoms with Gasteiger partial charge in [0, 0.05) is 17.3 Å². The summed E-state index contributed by atoms with van der Waals surface area (Å²) in [6, 6.07) is 15.3. The summed E-state index contributed by atoms with van der Waals surface area (Å²) < 4.78 is 5.31. The SMILES string of the molecule is CC(Nc1cccc(-c2cnco2)c1)c1ccc(O)cc1. The minimum absolute atomic E-state index is 0.135. The molecule has 21 heavy (non-hydrogen) atoms. The van der Waals surface area contributed by atoms with Crippen LogP contribution in [-0.2, 0) is 0 Å². The summed E-state index contributed by atoms with van der Waals surface area (Å²) in [6.45, 7) is 2.08. The normalized spacial score (nSPS) is 12.0. The summed E-state index contributed by atoms with van der Waals surface area (Å²) >= 11 is 0. The second kappa shape index (κ2) is 5.71. The fourth-order valence-corrected chi connectivity index (χ4v) is 2.22. The van der Waals surface area contributed by atoms with E-state index in [4.69, 9.17) is 4.42 Å². The molecule has 0 fully saturated rings. The molecule has 4 heteroatoms. The molecule has 0 saturated heterocycles. The van der Waals surface area contributed by atoms with Gasteiger partial charge >= 0.3 is 0 Å². The van der Waals surface area contributed by atoms with Gasteiger partial charge in [0.1, 0.15) is 5.75 Å². The molecule has 0 bridgehead atoms. The third-order valence-corrected chi connectivity index (χ3v) is 3.36. The first kappa shape index (κ1) is 13.2. The van der Waals surface area contributed by atoms with Gasteiger partial charge in [-0.15, -0.1) is 0 Å². The van der Waals surface area contributed by atoms with Crippen molar-refractivity contribution in [2.75, 3.05) is 5.32 Å². The third-order valence-electron chi connectivity index (χ3n) is 3.36. The number of rotatable bonds is 4. The lowest BCUT2D eigenvalue weighted by Crippen LogP contribution is -2.06. The number of aromatic hydroxyl groups is 1. The number of nitrogens with zero attached hydrogens (tertiary/aromatic N) is 1. The van der Waals surface area contributed by atoms with E-state index in [1.54, 1.807) is 18.3 Å². The van der Waals surface area contributed by atoms with Crippen LogP contribution >= 0.6 is 0 Å². The Kier molecular flexibility index (Phi) is 3.60. The summed E-state index contributed by atoms with van der Waals surface area (Å²) in [5.74, 6) is 1.02. The number of anilines is 1. The van der Waals surface area contributed by atoms with Crippen LogP contribution in [0.3, 0.4) is 0 Å². The lowest BCUT2D eigenvalue weighted by atomic mass is 10.1. The van der Waals surface area contributed by atoms with Crippen LogP contribution in [0.4, 0.5) is 5.69 Å². The number of oxazole rings is 1. The highest BCUT2D eigenvalue weighted by Crippen LogP contribution is 2.25. The number of hydrogen-bond donors (Lipinski definition) is 2. The molecular weight excluding hydrogens is 264 g/mol. The van der Waals surface area contributed by atoms with E-state index in [0.29, 0.717) is 0 Å². The van der Waals surface area contributed by atoms with Crippen molar-refractivity contribution in [1.29, 1.82) is 0 Å². The van der Waals surface area contributed by atoms with Gasteiger partial charge in [0.25, 0.3) is 0 Å². The number of nitrogens with one attached hydrogen (secondary N) is 1. The first-order valence-electron chi connectivity index (χ1n) is 6.77. The number of aromatic nitrogens is 1. The number of phenolic OH excluding ortho intramolecular Hbond substituents is 1. The fraction of sp³-hybridized carbons (Fsp3) is 0.118. The van der Waals surface area contributed by atoms with Gasteiger partial charge in [-0.05, 0) is 36.8 Å². The van der Waals surface area contributed by atoms with Gasteiger partial charge in [0.05, 0.1) is 6.20 Å². The Labute approximate surface area is 123 Å². The Balaban J connectivity index is 1.78. The van der Waals surface area contributed by atoms with Crippen LogP contribution in [0.1, 0.15) is 18.5 Å². The Morgan fingerprint density at radius 3 is 2.67 bits per heavy atom. The van der Waals surface area contributed by atoms with E-state index in [1.165, 1.54) is 6.39 Å². The van der Waals surface area contributed by atoms with E-state index in [-0.39, 0.29) is 11.8 Å². The maximum absolute atomic E-state index is 9.33. The molecule has 0 radical (unpaired) electrons. The fourth-order valence-electron chi connectivity index (χ4n) is 2.22. The smallest absolute Gasteiger partial charge is 0.181 e. The second-order valence-electron chi connectivity index (χ2n) is 4.90. The highest BCUT2D eigenvalue weighted by molar-refractivity contribution is 5.63. The molecule has 1 atom stereocenters. The molecule has 0 saturated carbocycles. The summed E-state index contributed by atoms with van der Waals surface area (Å²) in [5, 5.41) is 12.8. The zero-order valence-corrected chi connectivity index (χ0v) is 11.7. The van der Waals surface area contributed by atoms with Crippen molar-refractivity contribution in [2.24, 2.45) is 0 Å². The van der Waals surface area contributed by atoms with E-state index in [2.05, 4.69) is 17.2 Å². The van der Waals surface area contributed by atoms with Crippen LogP contribution in [0.15, 0.2) is 65.5 Å². The lowest BCUT2D eigenvalue weighted by molar-refractivity contribution is 0.475. The minimum atomic E-state index is 0.135. The molecule has 1 heterocycles. The summed E-state index contributed by atoms with van der Waals surface area (Å²) in [5.41, 5.74) is 3.10. The predicted octanol–water partition coefficient (Wildman–Crippen LogP) is 4.22. The van der Waals surface area contributed by atoms with Crippen molar-refractivity contribution in [1.82, 2.24) is 4.98 Å². The van der Waals surface area contributed by atoms with Crippen LogP contribution in [0.25, 0.3) is 11.3 Å². The number of phenols is 1. The van der Waals surface area contributed by atoms with Gasteiger partial charge in [-0.3, -0.25) is 0 Å². The minimum Gasteiger partial charge on any atom is -0.508 e. The first-order chi connectivity index (χ1) is 10.2. The van der Waals surface area contributed by atoms with E-state index in [0.717, 1.165) is 22.6 Å². The van der Waals surface area contributed by atoms with Gasteiger partial charge < -0.3 is 14.8 Å². The molecular formula is C17H16N2O2. The first-order valence-corrected chi connectivity index (χ1v) is 6.77. The number of benzene rings is 2. The highest BCUT2D eigenvalue weighted by Gasteiger charge is 2.07. The average molecular weight is 280 g/mol. The standard InChI is InChI=1S/C17H16N2O2/c1-12(13-5-7-16(20)8-6-13)19-15-4-2-3-14(9-15)17-10-18-11-21-17/h2-12,19-20H,1H3. The van der Waals surface area contributed by atoms with Crippen LogP contribution in [0.5, 0.6) is 5.75 Å². The molecule has 0 amide bonds. The molecule has 106 valence electrons. The van der Waals surface area contributed by atoms with Gasteiger partial charge in [-0.25, -0.2) is 4.98 Å². The molecule has 0 aliphatic carbocycles. The Hall–Kier alpha value is -2.75. The van der Waals surface area contributed by atoms with Gasteiger partial charge in [-0.2, -0.15) is 0 Å². The second-order valence-corrected chi connectivity index (χ2v) is 4.90. The van der Waals surface area contributed by atoms with E-state index in [9.17, 15) is 5.11 Å². The van der Waals surface area contributed by atoms with Crippen LogP contribution < -0.4 is 5.32 Å². The third kappa shape index (κ3) is 3.05. The molecule has 1 aromatic heterocycles. The zero-order chi connectivity index (χ0) is 14.7. The largest absolute Gasteiger partial charge is 0.508 e. The Bertz CT molecular complexity index is 706. The summed E-state index contributed by atoms with van der Waals surface area (Å²) in [6.07, 6.45) is 3.12. The topological polar surface area (TPSA) is 58.3 Å². The van der Waals surface area contributed by atoms with E-state index in [1.807, 2.05) is 36.4 Å². The maximum atomic E-state index is 9.33. The average Bonchev–Trinajstić information content (AvgIpc) is 3.02. The quantitative estimate of drug-likeness (QED) is 0.751. The Morgan fingerprint density at radius 2 is 1.95 bits per heavy atom. The lowest BCUT2D eigenvalue weighted by Gasteiger charge is -2.16.